The number of para-hydroxylation sites is 1. The van der Waals surface area contributed by atoms with Gasteiger partial charge < -0.3 is 5.32 Å². The van der Waals surface area contributed by atoms with Crippen molar-refractivity contribution < 1.29 is 17.6 Å². The molecule has 0 radical (unpaired) electrons. The van der Waals surface area contributed by atoms with E-state index < -0.39 is 27.8 Å². The minimum Gasteiger partial charge on any atom is -0.333 e. The van der Waals surface area contributed by atoms with Gasteiger partial charge in [-0.1, -0.05) is 36.4 Å². The number of sulfonamides is 1. The Morgan fingerprint density at radius 2 is 1.81 bits per heavy atom. The zero-order valence-corrected chi connectivity index (χ0v) is 17.1. The second-order valence-electron chi connectivity index (χ2n) is 7.07. The number of hydrogen-bond donors (Lipinski definition) is 1. The maximum absolute atomic E-state index is 13.2. The maximum atomic E-state index is 13.2. The van der Waals surface area contributed by atoms with Crippen LogP contribution in [0.3, 0.4) is 0 Å². The third kappa shape index (κ3) is 4.00. The fourth-order valence-electron chi connectivity index (χ4n) is 3.54. The van der Waals surface area contributed by atoms with Crippen molar-refractivity contribution in [3.8, 4) is 6.07 Å². The molecular weight excluding hydrogens is 417 g/mol. The number of rotatable bonds is 5. The van der Waals surface area contributed by atoms with E-state index in [4.69, 9.17) is 0 Å². The van der Waals surface area contributed by atoms with E-state index in [1.165, 1.54) is 52.8 Å². The molecule has 156 valence electrons. The van der Waals surface area contributed by atoms with Gasteiger partial charge in [-0.3, -0.25) is 9.10 Å². The van der Waals surface area contributed by atoms with Crippen LogP contribution in [0.25, 0.3) is 0 Å². The molecule has 8 heteroatoms. The molecule has 31 heavy (non-hydrogen) atoms. The first-order valence-corrected chi connectivity index (χ1v) is 11.0. The smallest absolute Gasteiger partial charge is 0.264 e. The number of nitrogens with zero attached hydrogens (tertiary/aromatic N) is 2. The Morgan fingerprint density at radius 1 is 1.06 bits per heavy atom. The van der Waals surface area contributed by atoms with Gasteiger partial charge >= 0.3 is 0 Å². The highest BCUT2D eigenvalue weighted by Gasteiger charge is 2.31. The summed E-state index contributed by atoms with van der Waals surface area (Å²) in [7, 11) is -3.85. The van der Waals surface area contributed by atoms with Gasteiger partial charge in [0.25, 0.3) is 15.9 Å². The number of halogens is 1. The monoisotopic (exact) mass is 435 g/mol. The van der Waals surface area contributed by atoms with Gasteiger partial charge in [-0.25, -0.2) is 12.8 Å². The number of anilines is 1. The lowest BCUT2D eigenvalue weighted by Crippen LogP contribution is -2.30. The fraction of sp³-hybridized carbons (Fsp3) is 0.130. The van der Waals surface area contributed by atoms with Crippen LogP contribution in [-0.2, 0) is 16.4 Å². The largest absolute Gasteiger partial charge is 0.333 e. The number of carbonyl (C=O) groups is 1. The number of hydrogen-bond acceptors (Lipinski definition) is 4. The summed E-state index contributed by atoms with van der Waals surface area (Å²) in [6.07, 6.45) is 0.622. The molecule has 3 aromatic carbocycles. The average molecular weight is 435 g/mol. The van der Waals surface area contributed by atoms with Crippen molar-refractivity contribution in [2.75, 3.05) is 10.8 Å². The molecule has 0 aromatic heterocycles. The quantitative estimate of drug-likeness (QED) is 0.663. The van der Waals surface area contributed by atoms with Gasteiger partial charge in [0.1, 0.15) is 11.9 Å². The van der Waals surface area contributed by atoms with Crippen molar-refractivity contribution in [2.24, 2.45) is 0 Å². The Labute approximate surface area is 179 Å². The lowest BCUT2D eigenvalue weighted by Gasteiger charge is -2.20. The zero-order chi connectivity index (χ0) is 22.0. The molecule has 4 rings (SSSR count). The van der Waals surface area contributed by atoms with E-state index in [1.807, 2.05) is 18.2 Å². The van der Waals surface area contributed by atoms with Crippen LogP contribution in [0, 0.1) is 17.1 Å². The Balaban J connectivity index is 1.59. The minimum absolute atomic E-state index is 0.00728. The number of benzene rings is 3. The normalized spacial score (nSPS) is 13.9. The second kappa shape index (κ2) is 8.20. The molecule has 1 aliphatic rings. The van der Waals surface area contributed by atoms with Crippen molar-refractivity contribution in [3.05, 3.63) is 95.3 Å². The second-order valence-corrected chi connectivity index (χ2v) is 8.93. The Kier molecular flexibility index (Phi) is 5.44. The van der Waals surface area contributed by atoms with E-state index in [0.29, 0.717) is 24.2 Å². The molecule has 1 aliphatic heterocycles. The van der Waals surface area contributed by atoms with Gasteiger partial charge in [0.2, 0.25) is 0 Å². The van der Waals surface area contributed by atoms with Crippen molar-refractivity contribution in [1.29, 1.82) is 5.26 Å². The number of amides is 1. The van der Waals surface area contributed by atoms with Crippen LogP contribution in [0.4, 0.5) is 10.1 Å². The summed E-state index contributed by atoms with van der Waals surface area (Å²) in [5, 5.41) is 12.0. The molecule has 0 fully saturated rings. The molecule has 0 spiro atoms. The molecule has 1 heterocycles. The average Bonchev–Trinajstić information content (AvgIpc) is 3.23. The summed E-state index contributed by atoms with van der Waals surface area (Å²) in [6, 6.07) is 19.2. The Hall–Kier alpha value is -3.70. The lowest BCUT2D eigenvalue weighted by molar-refractivity contribution is 0.0945. The molecule has 1 atom stereocenters. The van der Waals surface area contributed by atoms with E-state index in [2.05, 4.69) is 5.32 Å². The molecule has 1 amide bonds. The van der Waals surface area contributed by atoms with Gasteiger partial charge in [0, 0.05) is 12.1 Å². The summed E-state index contributed by atoms with van der Waals surface area (Å²) in [5.74, 6) is -1.05. The third-order valence-corrected chi connectivity index (χ3v) is 6.95. The SMILES string of the molecule is N#C[C@H](NC(=O)c1cccc(S(=O)(=O)N2CCc3ccccc32)c1)c1ccc(F)cc1. The molecule has 3 aromatic rings. The molecule has 0 aliphatic carbocycles. The van der Waals surface area contributed by atoms with Crippen molar-refractivity contribution >= 4 is 21.6 Å². The minimum atomic E-state index is -3.85. The number of nitrogens with one attached hydrogen (secondary N) is 1. The summed E-state index contributed by atoms with van der Waals surface area (Å²) >= 11 is 0. The highest BCUT2D eigenvalue weighted by molar-refractivity contribution is 7.92. The summed E-state index contributed by atoms with van der Waals surface area (Å²) < 4.78 is 40.9. The van der Waals surface area contributed by atoms with Crippen LogP contribution in [0.15, 0.2) is 77.7 Å². The number of carbonyl (C=O) groups excluding carboxylic acids is 1. The highest BCUT2D eigenvalue weighted by atomic mass is 32.2. The van der Waals surface area contributed by atoms with Gasteiger partial charge in [0.15, 0.2) is 0 Å². The van der Waals surface area contributed by atoms with E-state index >= 15 is 0 Å². The van der Waals surface area contributed by atoms with Gasteiger partial charge in [0.05, 0.1) is 16.7 Å². The first-order valence-electron chi connectivity index (χ1n) is 9.57. The molecular formula is C23H18FN3O3S. The van der Waals surface area contributed by atoms with Crippen LogP contribution in [0.1, 0.15) is 27.5 Å². The number of nitriles is 1. The molecule has 1 N–H and O–H groups in total. The van der Waals surface area contributed by atoms with Crippen LogP contribution < -0.4 is 9.62 Å². The third-order valence-electron chi connectivity index (χ3n) is 5.14. The first-order chi connectivity index (χ1) is 14.9. The Bertz CT molecular complexity index is 1280. The van der Waals surface area contributed by atoms with Crippen LogP contribution in [-0.4, -0.2) is 20.9 Å². The molecule has 0 bridgehead atoms. The Morgan fingerprint density at radius 3 is 2.55 bits per heavy atom. The van der Waals surface area contributed by atoms with Crippen molar-refractivity contribution in [1.82, 2.24) is 5.32 Å². The van der Waals surface area contributed by atoms with Gasteiger partial charge in [-0.15, -0.1) is 0 Å². The van der Waals surface area contributed by atoms with E-state index in [9.17, 15) is 22.9 Å². The molecule has 0 saturated carbocycles. The van der Waals surface area contributed by atoms with Crippen molar-refractivity contribution in [3.63, 3.8) is 0 Å². The van der Waals surface area contributed by atoms with E-state index in [1.54, 1.807) is 12.1 Å². The van der Waals surface area contributed by atoms with Crippen LogP contribution >= 0.6 is 0 Å². The molecule has 0 unspecified atom stereocenters. The highest BCUT2D eigenvalue weighted by Crippen LogP contribution is 2.32. The lowest BCUT2D eigenvalue weighted by atomic mass is 10.1. The van der Waals surface area contributed by atoms with E-state index in [0.717, 1.165) is 5.56 Å². The summed E-state index contributed by atoms with van der Waals surface area (Å²) in [6.45, 7) is 0.333. The van der Waals surface area contributed by atoms with E-state index in [-0.39, 0.29) is 10.5 Å². The molecule has 0 saturated heterocycles. The topological polar surface area (TPSA) is 90.3 Å². The van der Waals surface area contributed by atoms with Gasteiger partial charge in [-0.05, 0) is 53.9 Å². The zero-order valence-electron chi connectivity index (χ0n) is 16.3. The standard InChI is InChI=1S/C23H18FN3O3S/c24-19-10-8-16(9-11-19)21(15-25)26-23(28)18-5-3-6-20(14-18)31(29,30)27-13-12-17-4-1-2-7-22(17)27/h1-11,14,21H,12-13H2,(H,26,28)/t21-/m0/s1. The fourth-order valence-corrected chi connectivity index (χ4v) is 5.09. The van der Waals surface area contributed by atoms with Crippen LogP contribution in [0.2, 0.25) is 0 Å². The van der Waals surface area contributed by atoms with Crippen LogP contribution in [0.5, 0.6) is 0 Å². The predicted molar refractivity (Wildman–Crippen MR) is 113 cm³/mol. The van der Waals surface area contributed by atoms with Crippen molar-refractivity contribution in [2.45, 2.75) is 17.4 Å². The summed E-state index contributed by atoms with van der Waals surface area (Å²) in [4.78, 5) is 12.7. The van der Waals surface area contributed by atoms with Gasteiger partial charge in [-0.2, -0.15) is 5.26 Å². The first kappa shape index (κ1) is 20.6. The molecule has 6 nitrogen and oxygen atoms in total. The maximum Gasteiger partial charge on any atom is 0.264 e. The summed E-state index contributed by atoms with van der Waals surface area (Å²) in [5.41, 5.74) is 2.12. The number of fused-ring (bicyclic) bond motifs is 1. The predicted octanol–water partition coefficient (Wildman–Crippen LogP) is 3.57.